The minimum absolute atomic E-state index is 0.116. The highest BCUT2D eigenvalue weighted by atomic mass is 16.5. The average molecular weight is 244 g/mol. The highest BCUT2D eigenvalue weighted by molar-refractivity contribution is 5.66. The molecule has 96 valence electrons. The molecule has 0 aliphatic carbocycles. The number of rotatable bonds is 2. The molecule has 2 aromatic rings. The summed E-state index contributed by atoms with van der Waals surface area (Å²) in [6, 6.07) is 6.46. The van der Waals surface area contributed by atoms with Crippen LogP contribution in [0.1, 0.15) is 37.5 Å². The summed E-state index contributed by atoms with van der Waals surface area (Å²) < 4.78 is 5.36. The quantitative estimate of drug-likeness (QED) is 0.880. The first kappa shape index (κ1) is 12.8. The van der Waals surface area contributed by atoms with Gasteiger partial charge in [-0.25, -0.2) is 0 Å². The van der Waals surface area contributed by atoms with E-state index < -0.39 is 0 Å². The zero-order chi connectivity index (χ0) is 13.3. The number of aromatic nitrogens is 1. The van der Waals surface area contributed by atoms with Gasteiger partial charge in [0.1, 0.15) is 0 Å². The molecule has 0 spiro atoms. The monoisotopic (exact) mass is 244 g/mol. The molecule has 18 heavy (non-hydrogen) atoms. The average Bonchev–Trinajstić information content (AvgIpc) is 2.76. The van der Waals surface area contributed by atoms with E-state index in [0.29, 0.717) is 6.54 Å². The van der Waals surface area contributed by atoms with Crippen molar-refractivity contribution in [1.29, 1.82) is 0 Å². The van der Waals surface area contributed by atoms with E-state index in [1.165, 1.54) is 11.1 Å². The summed E-state index contributed by atoms with van der Waals surface area (Å²) in [4.78, 5) is 0. The molecule has 0 bridgehead atoms. The van der Waals surface area contributed by atoms with Crippen molar-refractivity contribution in [1.82, 2.24) is 5.16 Å². The van der Waals surface area contributed by atoms with Crippen LogP contribution in [0, 0.1) is 6.92 Å². The molecule has 0 aliphatic rings. The van der Waals surface area contributed by atoms with E-state index in [1.807, 2.05) is 0 Å². The van der Waals surface area contributed by atoms with Gasteiger partial charge in [-0.15, -0.1) is 0 Å². The van der Waals surface area contributed by atoms with E-state index in [4.69, 9.17) is 10.3 Å². The molecule has 2 N–H and O–H groups in total. The van der Waals surface area contributed by atoms with Gasteiger partial charge in [-0.2, -0.15) is 0 Å². The molecular formula is C15H20N2O. The first-order valence-electron chi connectivity index (χ1n) is 6.18. The van der Waals surface area contributed by atoms with Gasteiger partial charge in [0.15, 0.2) is 5.76 Å². The second-order valence-electron chi connectivity index (χ2n) is 5.66. The lowest BCUT2D eigenvalue weighted by Gasteiger charge is -2.20. The molecule has 0 saturated carbocycles. The van der Waals surface area contributed by atoms with Gasteiger partial charge < -0.3 is 10.3 Å². The highest BCUT2D eigenvalue weighted by Gasteiger charge is 2.18. The molecule has 2 rings (SSSR count). The van der Waals surface area contributed by atoms with Gasteiger partial charge in [-0.05, 0) is 29.5 Å². The van der Waals surface area contributed by atoms with Crippen LogP contribution in [0.3, 0.4) is 0 Å². The maximum absolute atomic E-state index is 5.71. The van der Waals surface area contributed by atoms with Crippen LogP contribution in [-0.4, -0.2) is 5.16 Å². The summed E-state index contributed by atoms with van der Waals surface area (Å²) in [5, 5.41) is 3.85. The van der Waals surface area contributed by atoms with Crippen LogP contribution in [0.5, 0.6) is 0 Å². The number of nitrogens with zero attached hydrogens (tertiary/aromatic N) is 1. The van der Waals surface area contributed by atoms with E-state index in [0.717, 1.165) is 16.9 Å². The maximum Gasteiger partial charge on any atom is 0.171 e. The lowest BCUT2D eigenvalue weighted by Crippen LogP contribution is -2.11. The number of hydrogen-bond acceptors (Lipinski definition) is 3. The lowest BCUT2D eigenvalue weighted by molar-refractivity contribution is 0.431. The minimum atomic E-state index is 0.116. The zero-order valence-electron chi connectivity index (χ0n) is 11.4. The summed E-state index contributed by atoms with van der Waals surface area (Å²) in [6.07, 6.45) is 1.69. The van der Waals surface area contributed by atoms with E-state index in [9.17, 15) is 0 Å². The first-order chi connectivity index (χ1) is 8.43. The van der Waals surface area contributed by atoms with Gasteiger partial charge in [0, 0.05) is 17.7 Å². The van der Waals surface area contributed by atoms with Crippen LogP contribution in [0.2, 0.25) is 0 Å². The van der Waals surface area contributed by atoms with Gasteiger partial charge in [-0.1, -0.05) is 38.1 Å². The fraction of sp³-hybridized carbons (Fsp3) is 0.400. The second-order valence-corrected chi connectivity index (χ2v) is 5.66. The summed E-state index contributed by atoms with van der Waals surface area (Å²) in [7, 11) is 0. The maximum atomic E-state index is 5.71. The molecule has 1 aromatic heterocycles. The molecule has 0 unspecified atom stereocenters. The Morgan fingerprint density at radius 1 is 1.28 bits per heavy atom. The van der Waals surface area contributed by atoms with Crippen molar-refractivity contribution >= 4 is 0 Å². The molecule has 3 heteroatoms. The van der Waals surface area contributed by atoms with Crippen molar-refractivity contribution in [3.05, 3.63) is 41.1 Å². The Hall–Kier alpha value is -1.61. The summed E-state index contributed by atoms with van der Waals surface area (Å²) >= 11 is 0. The molecule has 1 heterocycles. The van der Waals surface area contributed by atoms with E-state index in [-0.39, 0.29) is 5.41 Å². The van der Waals surface area contributed by atoms with Gasteiger partial charge in [0.2, 0.25) is 0 Å². The van der Waals surface area contributed by atoms with E-state index >= 15 is 0 Å². The van der Waals surface area contributed by atoms with Crippen molar-refractivity contribution in [2.75, 3.05) is 0 Å². The third-order valence-corrected chi connectivity index (χ3v) is 3.21. The van der Waals surface area contributed by atoms with Crippen LogP contribution >= 0.6 is 0 Å². The Morgan fingerprint density at radius 3 is 2.61 bits per heavy atom. The number of benzene rings is 1. The van der Waals surface area contributed by atoms with Gasteiger partial charge in [0.05, 0.1) is 6.20 Å². The Kier molecular flexibility index (Phi) is 3.26. The van der Waals surface area contributed by atoms with Gasteiger partial charge in [-0.3, -0.25) is 0 Å². The Balaban J connectivity index is 2.57. The SMILES string of the molecule is Cc1ccc(C(C)(C)C)cc1-c1oncc1CN. The fourth-order valence-corrected chi connectivity index (χ4v) is 1.96. The van der Waals surface area contributed by atoms with E-state index in [2.05, 4.69) is 51.1 Å². The Labute approximate surface area is 108 Å². The Morgan fingerprint density at radius 2 is 2.00 bits per heavy atom. The van der Waals surface area contributed by atoms with Gasteiger partial charge in [0.25, 0.3) is 0 Å². The van der Waals surface area contributed by atoms with Crippen molar-refractivity contribution in [3.63, 3.8) is 0 Å². The van der Waals surface area contributed by atoms with Gasteiger partial charge >= 0.3 is 0 Å². The number of aryl methyl sites for hydroxylation is 1. The summed E-state index contributed by atoms with van der Waals surface area (Å²) in [6.45, 7) is 9.12. The summed E-state index contributed by atoms with van der Waals surface area (Å²) in [5.74, 6) is 0.793. The molecule has 0 fully saturated rings. The summed E-state index contributed by atoms with van der Waals surface area (Å²) in [5.41, 5.74) is 10.3. The topological polar surface area (TPSA) is 52.0 Å². The molecule has 0 atom stereocenters. The minimum Gasteiger partial charge on any atom is -0.356 e. The number of hydrogen-bond donors (Lipinski definition) is 1. The smallest absolute Gasteiger partial charge is 0.171 e. The van der Waals surface area contributed by atoms with Crippen molar-refractivity contribution in [2.45, 2.75) is 39.7 Å². The second kappa shape index (κ2) is 4.58. The first-order valence-corrected chi connectivity index (χ1v) is 6.18. The fourth-order valence-electron chi connectivity index (χ4n) is 1.96. The molecule has 3 nitrogen and oxygen atoms in total. The third kappa shape index (κ3) is 2.31. The van der Waals surface area contributed by atoms with E-state index in [1.54, 1.807) is 6.20 Å². The molecule has 1 aromatic carbocycles. The van der Waals surface area contributed by atoms with Crippen LogP contribution in [0.25, 0.3) is 11.3 Å². The van der Waals surface area contributed by atoms with Crippen LogP contribution in [-0.2, 0) is 12.0 Å². The Bertz CT molecular complexity index is 550. The largest absolute Gasteiger partial charge is 0.356 e. The number of nitrogens with two attached hydrogens (primary N) is 1. The normalized spacial score (nSPS) is 11.8. The molecule has 0 saturated heterocycles. The third-order valence-electron chi connectivity index (χ3n) is 3.21. The van der Waals surface area contributed by atoms with Crippen molar-refractivity contribution < 1.29 is 4.52 Å². The lowest BCUT2D eigenvalue weighted by atomic mass is 9.85. The van der Waals surface area contributed by atoms with Crippen LogP contribution in [0.15, 0.2) is 28.9 Å². The highest BCUT2D eigenvalue weighted by Crippen LogP contribution is 2.31. The van der Waals surface area contributed by atoms with Crippen molar-refractivity contribution in [2.24, 2.45) is 5.73 Å². The molecule has 0 radical (unpaired) electrons. The van der Waals surface area contributed by atoms with Crippen molar-refractivity contribution in [3.8, 4) is 11.3 Å². The zero-order valence-corrected chi connectivity index (χ0v) is 11.4. The van der Waals surface area contributed by atoms with Crippen LogP contribution in [0.4, 0.5) is 0 Å². The standard InChI is InChI=1S/C15H20N2O/c1-10-5-6-12(15(2,3)4)7-13(10)14-11(8-16)9-17-18-14/h5-7,9H,8,16H2,1-4H3. The predicted molar refractivity (Wildman–Crippen MR) is 73.3 cm³/mol. The predicted octanol–water partition coefficient (Wildman–Crippen LogP) is 3.41. The van der Waals surface area contributed by atoms with Crippen LogP contribution < -0.4 is 5.73 Å². The molecular weight excluding hydrogens is 224 g/mol. The molecule has 0 amide bonds. The molecule has 0 aliphatic heterocycles.